The summed E-state index contributed by atoms with van der Waals surface area (Å²) in [5.41, 5.74) is -0.543. The Morgan fingerprint density at radius 1 is 1.22 bits per heavy atom. The van der Waals surface area contributed by atoms with Gasteiger partial charge in [-0.3, -0.25) is 0 Å². The van der Waals surface area contributed by atoms with Gasteiger partial charge in [0.2, 0.25) is 0 Å². The Morgan fingerprint density at radius 2 is 1.83 bits per heavy atom. The topological polar surface area (TPSA) is 35.5 Å². The number of piperidine rings is 1. The largest absolute Gasteiger partial charge is 0.389 e. The highest BCUT2D eigenvalue weighted by Gasteiger charge is 2.30. The number of β-amino-alcohol motifs (C(OH)–C–C–N with tert-alkyl or cyclic N) is 1. The normalized spacial score (nSPS) is 26.5. The molecular formula is C15H30N2O. The van der Waals surface area contributed by atoms with Gasteiger partial charge < -0.3 is 15.3 Å². The summed E-state index contributed by atoms with van der Waals surface area (Å²) in [6.07, 6.45) is 5.34. The molecule has 3 heteroatoms. The fourth-order valence-corrected chi connectivity index (χ4v) is 2.60. The molecule has 0 aromatic heterocycles. The molecule has 2 fully saturated rings. The highest BCUT2D eigenvalue weighted by Crippen LogP contribution is 2.24. The fourth-order valence-electron chi connectivity index (χ4n) is 2.60. The van der Waals surface area contributed by atoms with E-state index in [9.17, 15) is 5.11 Å². The van der Waals surface area contributed by atoms with Crippen molar-refractivity contribution in [3.63, 3.8) is 0 Å². The summed E-state index contributed by atoms with van der Waals surface area (Å²) >= 11 is 0. The van der Waals surface area contributed by atoms with Crippen molar-refractivity contribution in [3.8, 4) is 0 Å². The molecule has 1 saturated carbocycles. The van der Waals surface area contributed by atoms with E-state index in [1.54, 1.807) is 0 Å². The molecule has 18 heavy (non-hydrogen) atoms. The second kappa shape index (κ2) is 5.89. The predicted molar refractivity (Wildman–Crippen MR) is 75.7 cm³/mol. The molecule has 0 bridgehead atoms. The van der Waals surface area contributed by atoms with Crippen molar-refractivity contribution in [1.29, 1.82) is 0 Å². The number of nitrogens with zero attached hydrogens (tertiary/aromatic N) is 1. The third-order valence-corrected chi connectivity index (χ3v) is 4.77. The molecule has 0 aromatic rings. The van der Waals surface area contributed by atoms with Gasteiger partial charge in [0.15, 0.2) is 0 Å². The van der Waals surface area contributed by atoms with Gasteiger partial charge in [0.25, 0.3) is 0 Å². The molecule has 3 nitrogen and oxygen atoms in total. The average Bonchev–Trinajstić information content (AvgIpc) is 3.11. The molecule has 106 valence electrons. The van der Waals surface area contributed by atoms with Crippen LogP contribution in [0.15, 0.2) is 0 Å². The third kappa shape index (κ3) is 4.22. The second-order valence-corrected chi connectivity index (χ2v) is 6.91. The Balaban J connectivity index is 1.66. The lowest BCUT2D eigenvalue weighted by molar-refractivity contribution is -0.0257. The van der Waals surface area contributed by atoms with Gasteiger partial charge in [0.1, 0.15) is 0 Å². The Kier molecular flexibility index (Phi) is 4.68. The van der Waals surface area contributed by atoms with Crippen molar-refractivity contribution in [2.45, 2.75) is 58.1 Å². The molecule has 0 radical (unpaired) electrons. The van der Waals surface area contributed by atoms with E-state index in [-0.39, 0.29) is 0 Å². The number of hydrogen-bond acceptors (Lipinski definition) is 3. The zero-order valence-corrected chi connectivity index (χ0v) is 12.3. The van der Waals surface area contributed by atoms with Crippen LogP contribution in [0.25, 0.3) is 0 Å². The molecule has 1 saturated heterocycles. The second-order valence-electron chi connectivity index (χ2n) is 6.91. The fraction of sp³-hybridized carbons (Fsp3) is 1.00. The lowest BCUT2D eigenvalue weighted by atomic mass is 9.90. The molecule has 2 rings (SSSR count). The minimum atomic E-state index is -0.543. The van der Waals surface area contributed by atoms with Gasteiger partial charge in [-0.25, -0.2) is 0 Å². The van der Waals surface area contributed by atoms with E-state index in [1.807, 2.05) is 6.92 Å². The summed E-state index contributed by atoms with van der Waals surface area (Å²) in [6, 6.07) is 0.838. The highest BCUT2D eigenvalue weighted by atomic mass is 16.3. The Morgan fingerprint density at radius 3 is 2.33 bits per heavy atom. The molecule has 1 atom stereocenters. The van der Waals surface area contributed by atoms with Crippen LogP contribution in [0.5, 0.6) is 0 Å². The van der Waals surface area contributed by atoms with Gasteiger partial charge in [0, 0.05) is 12.6 Å². The standard InChI is InChI=1S/C15H30N2O/c1-12(2)15(3,18)11-17-8-6-13(7-9-17)10-16-14-4-5-14/h12-14,16,18H,4-11H2,1-3H3. The summed E-state index contributed by atoms with van der Waals surface area (Å²) in [5.74, 6) is 1.18. The van der Waals surface area contributed by atoms with Crippen LogP contribution in [-0.2, 0) is 0 Å². The number of nitrogens with one attached hydrogen (secondary N) is 1. The predicted octanol–water partition coefficient (Wildman–Crippen LogP) is 1.86. The van der Waals surface area contributed by atoms with E-state index in [4.69, 9.17) is 0 Å². The molecule has 1 unspecified atom stereocenters. The summed E-state index contributed by atoms with van der Waals surface area (Å²) in [5, 5.41) is 14.0. The molecule has 0 spiro atoms. The molecule has 1 heterocycles. The summed E-state index contributed by atoms with van der Waals surface area (Å²) in [6.45, 7) is 10.5. The van der Waals surface area contributed by atoms with Crippen molar-refractivity contribution < 1.29 is 5.11 Å². The van der Waals surface area contributed by atoms with Crippen LogP contribution in [0.2, 0.25) is 0 Å². The van der Waals surface area contributed by atoms with Crippen molar-refractivity contribution in [1.82, 2.24) is 10.2 Å². The Bertz CT molecular complexity index is 253. The molecule has 1 aliphatic carbocycles. The number of rotatable bonds is 6. The van der Waals surface area contributed by atoms with Crippen molar-refractivity contribution in [3.05, 3.63) is 0 Å². The van der Waals surface area contributed by atoms with Crippen LogP contribution >= 0.6 is 0 Å². The summed E-state index contributed by atoms with van der Waals surface area (Å²) in [7, 11) is 0. The van der Waals surface area contributed by atoms with Crippen LogP contribution in [0.3, 0.4) is 0 Å². The van der Waals surface area contributed by atoms with Crippen LogP contribution in [0.1, 0.15) is 46.5 Å². The number of likely N-dealkylation sites (tertiary alicyclic amines) is 1. The Hall–Kier alpha value is -0.120. The smallest absolute Gasteiger partial charge is 0.0768 e. The minimum Gasteiger partial charge on any atom is -0.389 e. The first-order valence-electron chi connectivity index (χ1n) is 7.65. The average molecular weight is 254 g/mol. The Labute approximate surface area is 112 Å². The third-order valence-electron chi connectivity index (χ3n) is 4.77. The first-order valence-corrected chi connectivity index (χ1v) is 7.65. The maximum Gasteiger partial charge on any atom is 0.0768 e. The first-order chi connectivity index (χ1) is 8.47. The monoisotopic (exact) mass is 254 g/mol. The van der Waals surface area contributed by atoms with E-state index < -0.39 is 5.60 Å². The van der Waals surface area contributed by atoms with Crippen LogP contribution in [-0.4, -0.2) is 47.8 Å². The molecular weight excluding hydrogens is 224 g/mol. The zero-order chi connectivity index (χ0) is 13.2. The number of hydrogen-bond donors (Lipinski definition) is 2. The van der Waals surface area contributed by atoms with Crippen molar-refractivity contribution in [2.75, 3.05) is 26.2 Å². The molecule has 2 aliphatic rings. The van der Waals surface area contributed by atoms with Gasteiger partial charge in [-0.15, -0.1) is 0 Å². The van der Waals surface area contributed by atoms with E-state index in [0.717, 1.165) is 31.6 Å². The van der Waals surface area contributed by atoms with Gasteiger partial charge in [-0.05, 0) is 64.1 Å². The quantitative estimate of drug-likeness (QED) is 0.759. The SMILES string of the molecule is CC(C)C(C)(O)CN1CCC(CNC2CC2)CC1. The van der Waals surface area contributed by atoms with Gasteiger partial charge in [-0.2, -0.15) is 0 Å². The lowest BCUT2D eigenvalue weighted by Gasteiger charge is -2.38. The molecule has 1 aliphatic heterocycles. The van der Waals surface area contributed by atoms with E-state index in [0.29, 0.717) is 5.92 Å². The van der Waals surface area contributed by atoms with Crippen LogP contribution in [0.4, 0.5) is 0 Å². The lowest BCUT2D eigenvalue weighted by Crippen LogP contribution is -2.48. The summed E-state index contributed by atoms with van der Waals surface area (Å²) in [4.78, 5) is 2.44. The zero-order valence-electron chi connectivity index (χ0n) is 12.3. The van der Waals surface area contributed by atoms with Gasteiger partial charge >= 0.3 is 0 Å². The molecule has 0 amide bonds. The van der Waals surface area contributed by atoms with E-state index in [2.05, 4.69) is 24.1 Å². The highest BCUT2D eigenvalue weighted by molar-refractivity contribution is 4.85. The minimum absolute atomic E-state index is 0.326. The number of aliphatic hydroxyl groups is 1. The van der Waals surface area contributed by atoms with E-state index in [1.165, 1.54) is 32.2 Å². The van der Waals surface area contributed by atoms with Crippen LogP contribution in [0, 0.1) is 11.8 Å². The molecule has 2 N–H and O–H groups in total. The maximum atomic E-state index is 10.3. The van der Waals surface area contributed by atoms with Gasteiger partial charge in [-0.1, -0.05) is 13.8 Å². The van der Waals surface area contributed by atoms with E-state index >= 15 is 0 Å². The van der Waals surface area contributed by atoms with Crippen molar-refractivity contribution >= 4 is 0 Å². The van der Waals surface area contributed by atoms with Crippen molar-refractivity contribution in [2.24, 2.45) is 11.8 Å². The molecule has 0 aromatic carbocycles. The summed E-state index contributed by atoms with van der Waals surface area (Å²) < 4.78 is 0. The maximum absolute atomic E-state index is 10.3. The first kappa shape index (κ1) is 14.3. The van der Waals surface area contributed by atoms with Crippen LogP contribution < -0.4 is 5.32 Å². The van der Waals surface area contributed by atoms with Gasteiger partial charge in [0.05, 0.1) is 5.60 Å².